The minimum Gasteiger partial charge on any atom is -0.496 e. The van der Waals surface area contributed by atoms with Crippen molar-refractivity contribution in [2.75, 3.05) is 27.1 Å². The molecule has 0 fully saturated rings. The number of benzene rings is 2. The molecule has 0 saturated heterocycles. The molecule has 0 aliphatic carbocycles. The van der Waals surface area contributed by atoms with Crippen LogP contribution in [0.1, 0.15) is 18.1 Å². The Kier molecular flexibility index (Phi) is 6.49. The lowest BCUT2D eigenvalue weighted by atomic mass is 10.0. The quantitative estimate of drug-likeness (QED) is 0.614. The maximum Gasteiger partial charge on any atom is 0.268 e. The van der Waals surface area contributed by atoms with Gasteiger partial charge in [0.1, 0.15) is 5.75 Å². The Balaban J connectivity index is 1.98. The Morgan fingerprint density at radius 1 is 0.862 bits per heavy atom. The number of thioether (sulfide) groups is 1. The molecule has 2 aromatic rings. The van der Waals surface area contributed by atoms with Crippen LogP contribution >= 0.6 is 11.8 Å². The van der Waals surface area contributed by atoms with Crippen molar-refractivity contribution in [3.05, 3.63) is 58.5 Å². The van der Waals surface area contributed by atoms with Crippen molar-refractivity contribution in [2.45, 2.75) is 13.5 Å². The zero-order chi connectivity index (χ0) is 21.0. The Labute approximate surface area is 174 Å². The highest BCUT2D eigenvalue weighted by Crippen LogP contribution is 2.40. The van der Waals surface area contributed by atoms with Gasteiger partial charge in [-0.2, -0.15) is 0 Å². The maximum atomic E-state index is 13.3. The predicted octanol–water partition coefficient (Wildman–Crippen LogP) is 3.75. The molecule has 0 saturated carbocycles. The summed E-state index contributed by atoms with van der Waals surface area (Å²) in [6, 6.07) is 12.6. The highest BCUT2D eigenvalue weighted by molar-refractivity contribution is 8.04. The van der Waals surface area contributed by atoms with E-state index in [1.165, 1.54) is 16.7 Å². The topological polar surface area (TPSA) is 65.1 Å². The van der Waals surface area contributed by atoms with Gasteiger partial charge in [-0.1, -0.05) is 31.2 Å². The van der Waals surface area contributed by atoms with Gasteiger partial charge >= 0.3 is 0 Å². The average molecular weight is 413 g/mol. The number of carbonyl (C=O) groups is 2. The van der Waals surface area contributed by atoms with Crippen LogP contribution in [0, 0.1) is 0 Å². The number of methoxy groups -OCH3 is 3. The van der Waals surface area contributed by atoms with Gasteiger partial charge in [0.25, 0.3) is 11.8 Å². The van der Waals surface area contributed by atoms with Crippen molar-refractivity contribution < 1.29 is 23.8 Å². The van der Waals surface area contributed by atoms with Gasteiger partial charge in [-0.05, 0) is 29.5 Å². The largest absolute Gasteiger partial charge is 0.496 e. The van der Waals surface area contributed by atoms with Crippen molar-refractivity contribution in [1.29, 1.82) is 0 Å². The molecule has 2 aromatic carbocycles. The third-order valence-corrected chi connectivity index (χ3v) is 5.54. The lowest BCUT2D eigenvalue weighted by Crippen LogP contribution is -2.31. The van der Waals surface area contributed by atoms with Gasteiger partial charge in [0.15, 0.2) is 11.5 Å². The standard InChI is InChI=1S/C22H23NO5S/c1-5-29-20-19(15-8-6-7-9-16(15)26-2)21(24)23(22(20)25)13-14-10-11-17(27-3)18(12-14)28-4/h6-12H,5,13H2,1-4H3. The molecule has 0 spiro atoms. The molecule has 0 bridgehead atoms. The SMILES string of the molecule is CCSC1=C(c2ccccc2OC)C(=O)N(Cc2ccc(OC)c(OC)c2)C1=O. The molecule has 152 valence electrons. The first-order valence-electron chi connectivity index (χ1n) is 9.13. The predicted molar refractivity (Wildman–Crippen MR) is 113 cm³/mol. The minimum absolute atomic E-state index is 0.143. The van der Waals surface area contributed by atoms with E-state index in [0.29, 0.717) is 39.0 Å². The molecule has 7 heteroatoms. The van der Waals surface area contributed by atoms with Gasteiger partial charge < -0.3 is 14.2 Å². The number of hydrogen-bond donors (Lipinski definition) is 0. The monoisotopic (exact) mass is 413 g/mol. The van der Waals surface area contributed by atoms with Crippen LogP contribution in [0.15, 0.2) is 47.4 Å². The molecule has 6 nitrogen and oxygen atoms in total. The second-order valence-corrected chi connectivity index (χ2v) is 7.50. The number of carbonyl (C=O) groups excluding carboxylic acids is 2. The summed E-state index contributed by atoms with van der Waals surface area (Å²) in [5.74, 6) is 1.75. The van der Waals surface area contributed by atoms with Gasteiger partial charge in [0, 0.05) is 5.56 Å². The van der Waals surface area contributed by atoms with Crippen LogP contribution < -0.4 is 14.2 Å². The molecular formula is C22H23NO5S. The van der Waals surface area contributed by atoms with Crippen LogP contribution in [-0.4, -0.2) is 43.8 Å². The van der Waals surface area contributed by atoms with Crippen molar-refractivity contribution in [2.24, 2.45) is 0 Å². The summed E-state index contributed by atoms with van der Waals surface area (Å²) in [6.45, 7) is 2.09. The lowest BCUT2D eigenvalue weighted by Gasteiger charge is -2.17. The number of ether oxygens (including phenoxy) is 3. The second-order valence-electron chi connectivity index (χ2n) is 6.22. The normalized spacial score (nSPS) is 13.9. The molecule has 0 atom stereocenters. The Hall–Kier alpha value is -2.93. The molecular weight excluding hydrogens is 390 g/mol. The number of nitrogens with zero attached hydrogens (tertiary/aromatic N) is 1. The number of rotatable bonds is 8. The highest BCUT2D eigenvalue weighted by atomic mass is 32.2. The first-order chi connectivity index (χ1) is 14.0. The van der Waals surface area contributed by atoms with Gasteiger partial charge in [-0.25, -0.2) is 0 Å². The van der Waals surface area contributed by atoms with Crippen molar-refractivity contribution in [3.63, 3.8) is 0 Å². The summed E-state index contributed by atoms with van der Waals surface area (Å²) in [7, 11) is 4.66. The zero-order valence-electron chi connectivity index (χ0n) is 16.9. The van der Waals surface area contributed by atoms with Crippen LogP contribution in [0.3, 0.4) is 0 Å². The summed E-state index contributed by atoms with van der Waals surface area (Å²) in [5, 5.41) is 0. The van der Waals surface area contributed by atoms with Crippen molar-refractivity contribution >= 4 is 29.1 Å². The fourth-order valence-electron chi connectivity index (χ4n) is 3.23. The number of imide groups is 1. The summed E-state index contributed by atoms with van der Waals surface area (Å²) >= 11 is 1.37. The van der Waals surface area contributed by atoms with E-state index in [1.54, 1.807) is 45.6 Å². The van der Waals surface area contributed by atoms with Crippen LogP contribution in [0.2, 0.25) is 0 Å². The Morgan fingerprint density at radius 3 is 2.21 bits per heavy atom. The minimum atomic E-state index is -0.328. The molecule has 1 heterocycles. The first kappa shape index (κ1) is 20.8. The van der Waals surface area contributed by atoms with E-state index in [-0.39, 0.29) is 18.4 Å². The fourth-order valence-corrected chi connectivity index (χ4v) is 4.09. The highest BCUT2D eigenvalue weighted by Gasteiger charge is 2.40. The van der Waals surface area contributed by atoms with Crippen molar-refractivity contribution in [3.8, 4) is 17.2 Å². The van der Waals surface area contributed by atoms with E-state index in [2.05, 4.69) is 0 Å². The summed E-state index contributed by atoms with van der Waals surface area (Å²) in [5.41, 5.74) is 1.78. The smallest absolute Gasteiger partial charge is 0.268 e. The van der Waals surface area contributed by atoms with E-state index in [0.717, 1.165) is 5.56 Å². The van der Waals surface area contributed by atoms with E-state index >= 15 is 0 Å². The summed E-state index contributed by atoms with van der Waals surface area (Å²) in [6.07, 6.45) is 0. The first-order valence-corrected chi connectivity index (χ1v) is 10.1. The number of hydrogen-bond acceptors (Lipinski definition) is 6. The Morgan fingerprint density at radius 2 is 1.55 bits per heavy atom. The third kappa shape index (κ3) is 3.96. The number of amides is 2. The summed E-state index contributed by atoms with van der Waals surface area (Å²) < 4.78 is 16.0. The van der Waals surface area contributed by atoms with Gasteiger partial charge in [-0.3, -0.25) is 14.5 Å². The zero-order valence-corrected chi connectivity index (χ0v) is 17.7. The van der Waals surface area contributed by atoms with E-state index in [4.69, 9.17) is 14.2 Å². The van der Waals surface area contributed by atoms with Crippen LogP contribution in [0.25, 0.3) is 5.57 Å². The summed E-state index contributed by atoms with van der Waals surface area (Å²) in [4.78, 5) is 28.1. The molecule has 0 unspecified atom stereocenters. The van der Waals surface area contributed by atoms with Gasteiger partial charge in [-0.15, -0.1) is 11.8 Å². The molecule has 0 aromatic heterocycles. The van der Waals surface area contributed by atoms with E-state index in [1.807, 2.05) is 25.1 Å². The average Bonchev–Trinajstić information content (AvgIpc) is 2.98. The molecule has 2 amide bonds. The molecule has 29 heavy (non-hydrogen) atoms. The van der Waals surface area contributed by atoms with Crippen molar-refractivity contribution in [1.82, 2.24) is 4.90 Å². The van der Waals surface area contributed by atoms with E-state index < -0.39 is 0 Å². The number of para-hydroxylation sites is 1. The maximum absolute atomic E-state index is 13.3. The fraction of sp³-hybridized carbons (Fsp3) is 0.273. The van der Waals surface area contributed by atoms with Crippen LogP contribution in [0.5, 0.6) is 17.2 Å². The van der Waals surface area contributed by atoms with E-state index in [9.17, 15) is 9.59 Å². The molecule has 1 aliphatic rings. The molecule has 1 aliphatic heterocycles. The molecule has 3 rings (SSSR count). The molecule has 0 radical (unpaired) electrons. The van der Waals surface area contributed by atoms with Crippen LogP contribution in [0.4, 0.5) is 0 Å². The van der Waals surface area contributed by atoms with Gasteiger partial charge in [0.2, 0.25) is 0 Å². The Bertz CT molecular complexity index is 969. The lowest BCUT2D eigenvalue weighted by molar-refractivity contribution is -0.137. The van der Waals surface area contributed by atoms with Gasteiger partial charge in [0.05, 0.1) is 38.4 Å². The van der Waals surface area contributed by atoms with Crippen LogP contribution in [-0.2, 0) is 16.1 Å². The third-order valence-electron chi connectivity index (χ3n) is 4.58. The molecule has 0 N–H and O–H groups in total. The second kappa shape index (κ2) is 9.05.